The van der Waals surface area contributed by atoms with Crippen molar-refractivity contribution < 1.29 is 14.4 Å². The molecular weight excluding hydrogens is 296 g/mol. The molecule has 0 aliphatic carbocycles. The summed E-state index contributed by atoms with van der Waals surface area (Å²) in [6, 6.07) is 0. The Hall–Kier alpha value is -1.71. The molecular formula is C12H14N4O4S. The SMILES string of the molecule is O=[N+]([O-])c1c(N2CCCC3(C2)OCCO3)nc2sccn12. The number of thiazole rings is 1. The van der Waals surface area contributed by atoms with Gasteiger partial charge in [0, 0.05) is 18.3 Å². The number of nitrogens with zero attached hydrogens (tertiary/aromatic N) is 4. The van der Waals surface area contributed by atoms with Gasteiger partial charge in [0.1, 0.15) is 6.20 Å². The fourth-order valence-electron chi connectivity index (χ4n) is 3.05. The zero-order valence-corrected chi connectivity index (χ0v) is 12.0. The second kappa shape index (κ2) is 4.65. The molecule has 1 spiro atoms. The molecule has 8 nitrogen and oxygen atoms in total. The van der Waals surface area contributed by atoms with E-state index >= 15 is 0 Å². The highest BCUT2D eigenvalue weighted by Gasteiger charge is 2.43. The summed E-state index contributed by atoms with van der Waals surface area (Å²) in [5.74, 6) is -0.199. The van der Waals surface area contributed by atoms with E-state index < -0.39 is 5.79 Å². The fraction of sp³-hybridized carbons (Fsp3) is 0.583. The van der Waals surface area contributed by atoms with Gasteiger partial charge in [-0.25, -0.2) is 0 Å². The van der Waals surface area contributed by atoms with Crippen LogP contribution in [0.15, 0.2) is 11.6 Å². The van der Waals surface area contributed by atoms with Gasteiger partial charge in [0.25, 0.3) is 4.96 Å². The maximum atomic E-state index is 11.4. The second-order valence-electron chi connectivity index (χ2n) is 5.20. The number of piperidine rings is 1. The van der Waals surface area contributed by atoms with Crippen molar-refractivity contribution in [3.05, 3.63) is 21.7 Å². The van der Waals surface area contributed by atoms with E-state index in [1.807, 2.05) is 4.90 Å². The van der Waals surface area contributed by atoms with Gasteiger partial charge in [-0.3, -0.25) is 0 Å². The second-order valence-corrected chi connectivity index (χ2v) is 6.08. The molecule has 2 saturated heterocycles. The number of hydrogen-bond acceptors (Lipinski definition) is 7. The number of rotatable bonds is 2. The van der Waals surface area contributed by atoms with Crippen LogP contribution in [0.2, 0.25) is 0 Å². The number of aromatic nitrogens is 2. The van der Waals surface area contributed by atoms with Crippen molar-refractivity contribution in [2.75, 3.05) is 31.2 Å². The summed E-state index contributed by atoms with van der Waals surface area (Å²) in [5, 5.41) is 13.2. The Morgan fingerprint density at radius 1 is 1.43 bits per heavy atom. The summed E-state index contributed by atoms with van der Waals surface area (Å²) < 4.78 is 13.0. The van der Waals surface area contributed by atoms with E-state index in [9.17, 15) is 10.1 Å². The van der Waals surface area contributed by atoms with Crippen LogP contribution in [-0.2, 0) is 9.47 Å². The van der Waals surface area contributed by atoms with Gasteiger partial charge in [-0.2, -0.15) is 9.38 Å². The van der Waals surface area contributed by atoms with Crippen molar-refractivity contribution in [3.63, 3.8) is 0 Å². The van der Waals surface area contributed by atoms with Crippen molar-refractivity contribution in [1.82, 2.24) is 9.38 Å². The molecule has 112 valence electrons. The van der Waals surface area contributed by atoms with Gasteiger partial charge in [-0.1, -0.05) is 11.3 Å². The van der Waals surface area contributed by atoms with E-state index in [2.05, 4.69) is 4.98 Å². The van der Waals surface area contributed by atoms with Gasteiger partial charge in [0.15, 0.2) is 5.79 Å². The van der Waals surface area contributed by atoms with Gasteiger partial charge in [-0.15, -0.1) is 0 Å². The molecule has 4 heterocycles. The largest absolute Gasteiger partial charge is 0.373 e. The Bertz CT molecular complexity index is 691. The monoisotopic (exact) mass is 310 g/mol. The van der Waals surface area contributed by atoms with Crippen LogP contribution < -0.4 is 4.90 Å². The Balaban J connectivity index is 1.73. The molecule has 0 N–H and O–H groups in total. The van der Waals surface area contributed by atoms with E-state index in [1.165, 1.54) is 15.7 Å². The van der Waals surface area contributed by atoms with Crippen molar-refractivity contribution in [1.29, 1.82) is 0 Å². The summed E-state index contributed by atoms with van der Waals surface area (Å²) in [6.45, 7) is 2.36. The quantitative estimate of drug-likeness (QED) is 0.619. The van der Waals surface area contributed by atoms with Crippen molar-refractivity contribution in [3.8, 4) is 0 Å². The molecule has 0 atom stereocenters. The number of imidazole rings is 1. The molecule has 2 aliphatic rings. The molecule has 2 aromatic heterocycles. The summed E-state index contributed by atoms with van der Waals surface area (Å²) in [7, 11) is 0. The topological polar surface area (TPSA) is 82.1 Å². The van der Waals surface area contributed by atoms with E-state index in [1.54, 1.807) is 11.6 Å². The zero-order valence-electron chi connectivity index (χ0n) is 11.2. The van der Waals surface area contributed by atoms with E-state index in [0.717, 1.165) is 19.4 Å². The van der Waals surface area contributed by atoms with Crippen LogP contribution >= 0.6 is 11.3 Å². The third kappa shape index (κ3) is 2.00. The van der Waals surface area contributed by atoms with E-state index in [4.69, 9.17) is 9.47 Å². The molecule has 0 amide bonds. The molecule has 2 aromatic rings. The lowest BCUT2D eigenvalue weighted by Crippen LogP contribution is -2.49. The van der Waals surface area contributed by atoms with Gasteiger partial charge >= 0.3 is 5.82 Å². The molecule has 2 fully saturated rings. The first-order valence-corrected chi connectivity index (χ1v) is 7.69. The third-order valence-corrected chi connectivity index (χ3v) is 4.68. The lowest BCUT2D eigenvalue weighted by Gasteiger charge is -2.38. The first-order valence-electron chi connectivity index (χ1n) is 6.81. The zero-order chi connectivity index (χ0) is 14.4. The Labute approximate surface area is 124 Å². The van der Waals surface area contributed by atoms with Crippen LogP contribution in [0.5, 0.6) is 0 Å². The van der Waals surface area contributed by atoms with Gasteiger partial charge in [0.2, 0.25) is 5.82 Å². The predicted octanol–water partition coefficient (Wildman–Crippen LogP) is 1.65. The Kier molecular flexibility index (Phi) is 2.88. The fourth-order valence-corrected chi connectivity index (χ4v) is 3.75. The summed E-state index contributed by atoms with van der Waals surface area (Å²) in [4.78, 5) is 18.0. The molecule has 0 unspecified atom stereocenters. The molecule has 0 radical (unpaired) electrons. The van der Waals surface area contributed by atoms with Gasteiger partial charge in [0.05, 0.1) is 19.8 Å². The van der Waals surface area contributed by atoms with Crippen molar-refractivity contribution in [2.24, 2.45) is 0 Å². The Morgan fingerprint density at radius 3 is 3.00 bits per heavy atom. The molecule has 0 saturated carbocycles. The highest BCUT2D eigenvalue weighted by molar-refractivity contribution is 7.15. The van der Waals surface area contributed by atoms with Crippen LogP contribution in [0.3, 0.4) is 0 Å². The van der Waals surface area contributed by atoms with E-state index in [-0.39, 0.29) is 10.7 Å². The molecule has 9 heteroatoms. The van der Waals surface area contributed by atoms with Gasteiger partial charge < -0.3 is 24.5 Å². The first-order chi connectivity index (χ1) is 10.2. The highest BCUT2D eigenvalue weighted by Crippen LogP contribution is 2.37. The predicted molar refractivity (Wildman–Crippen MR) is 75.8 cm³/mol. The van der Waals surface area contributed by atoms with Crippen LogP contribution in [0.1, 0.15) is 12.8 Å². The lowest BCUT2D eigenvalue weighted by atomic mass is 10.0. The summed E-state index contributed by atoms with van der Waals surface area (Å²) in [6.07, 6.45) is 3.36. The summed E-state index contributed by atoms with van der Waals surface area (Å²) in [5.41, 5.74) is 0. The van der Waals surface area contributed by atoms with Crippen LogP contribution in [0, 0.1) is 10.1 Å². The first kappa shape index (κ1) is 13.0. The number of nitro groups is 1. The van der Waals surface area contributed by atoms with E-state index in [0.29, 0.717) is 30.5 Å². The minimum Gasteiger partial charge on any atom is -0.358 e. The van der Waals surface area contributed by atoms with Crippen molar-refractivity contribution in [2.45, 2.75) is 18.6 Å². The average molecular weight is 310 g/mol. The molecule has 4 rings (SSSR count). The summed E-state index contributed by atoms with van der Waals surface area (Å²) >= 11 is 1.39. The maximum Gasteiger partial charge on any atom is 0.373 e. The van der Waals surface area contributed by atoms with Crippen LogP contribution in [0.4, 0.5) is 11.6 Å². The molecule has 21 heavy (non-hydrogen) atoms. The molecule has 2 aliphatic heterocycles. The Morgan fingerprint density at radius 2 is 2.24 bits per heavy atom. The number of anilines is 1. The number of fused-ring (bicyclic) bond motifs is 1. The minimum atomic E-state index is -0.622. The van der Waals surface area contributed by atoms with Crippen LogP contribution in [0.25, 0.3) is 4.96 Å². The normalized spacial score (nSPS) is 21.4. The van der Waals surface area contributed by atoms with Gasteiger partial charge in [-0.05, 0) is 11.3 Å². The van der Waals surface area contributed by atoms with Crippen molar-refractivity contribution >= 4 is 27.9 Å². The number of ether oxygens (including phenoxy) is 2. The smallest absolute Gasteiger partial charge is 0.358 e. The van der Waals surface area contributed by atoms with Crippen LogP contribution in [-0.4, -0.2) is 46.4 Å². The standard InChI is InChI=1S/C12H14N4O4S/c17-16(18)10-9(13-11-15(10)4-7-21-11)14-3-1-2-12(8-14)19-5-6-20-12/h4,7H,1-3,5-6,8H2. The minimum absolute atomic E-state index is 0.0151. The highest BCUT2D eigenvalue weighted by atomic mass is 32.1. The average Bonchev–Trinajstić information content (AvgIpc) is 3.13. The lowest BCUT2D eigenvalue weighted by molar-refractivity contribution is -0.389. The molecule has 0 bridgehead atoms. The maximum absolute atomic E-state index is 11.4. The third-order valence-electron chi connectivity index (χ3n) is 3.92. The molecule has 0 aromatic carbocycles. The number of hydrogen-bond donors (Lipinski definition) is 0.